The Morgan fingerprint density at radius 3 is 2.79 bits per heavy atom. The number of hydrogen-bond acceptors (Lipinski definition) is 2. The molecule has 0 spiro atoms. The summed E-state index contributed by atoms with van der Waals surface area (Å²) in [6.07, 6.45) is 3.44. The monoisotopic (exact) mass is 358 g/mol. The third-order valence-corrected chi connectivity index (χ3v) is 6.50. The molecule has 0 radical (unpaired) electrons. The quantitative estimate of drug-likeness (QED) is 0.615. The van der Waals surface area contributed by atoms with E-state index in [1.165, 1.54) is 39.0 Å². The molecule has 1 aliphatic rings. The second kappa shape index (κ2) is 6.55. The van der Waals surface area contributed by atoms with Crippen LogP contribution in [0.4, 0.5) is 0 Å². The van der Waals surface area contributed by atoms with Gasteiger partial charge in [-0.25, -0.2) is 0 Å². The van der Waals surface area contributed by atoms with Crippen LogP contribution in [0.25, 0.3) is 10.2 Å². The summed E-state index contributed by atoms with van der Waals surface area (Å²) in [5.74, 6) is 0. The maximum absolute atomic E-state index is 6.49. The highest BCUT2D eigenvalue weighted by atomic mass is 35.5. The molecule has 126 valence electrons. The number of likely N-dealkylation sites (N-methyl/N-ethyl adjacent to an activating group) is 1. The summed E-state index contributed by atoms with van der Waals surface area (Å²) in [5, 5.41) is 4.33. The fraction of sp³-hybridized carbons (Fsp3) is 0.400. The molecule has 2 nitrogen and oxygen atoms in total. The Kier molecular flexibility index (Phi) is 4.42. The van der Waals surface area contributed by atoms with Gasteiger partial charge in [-0.05, 0) is 37.9 Å². The molecule has 3 heterocycles. The molecule has 0 bridgehead atoms. The van der Waals surface area contributed by atoms with Crippen molar-refractivity contribution in [2.45, 2.75) is 39.3 Å². The van der Waals surface area contributed by atoms with E-state index in [1.54, 1.807) is 11.3 Å². The van der Waals surface area contributed by atoms with Crippen molar-refractivity contribution in [3.05, 3.63) is 57.1 Å². The Balaban J connectivity index is 1.58. The van der Waals surface area contributed by atoms with E-state index in [2.05, 4.69) is 53.1 Å². The van der Waals surface area contributed by atoms with E-state index in [0.29, 0.717) is 0 Å². The van der Waals surface area contributed by atoms with Gasteiger partial charge < -0.3 is 9.47 Å². The van der Waals surface area contributed by atoms with Gasteiger partial charge in [0.2, 0.25) is 0 Å². The number of aromatic nitrogens is 1. The summed E-state index contributed by atoms with van der Waals surface area (Å²) in [7, 11) is 2.20. The molecule has 0 saturated carbocycles. The van der Waals surface area contributed by atoms with Gasteiger partial charge >= 0.3 is 0 Å². The molecule has 0 aliphatic carbocycles. The number of thiophene rings is 1. The SMILES string of the molecule is Cc1ccc(CCCn2c3c(c4c(Cl)csc42)CN(C)CC3)cc1. The Morgan fingerprint density at radius 1 is 1.21 bits per heavy atom. The van der Waals surface area contributed by atoms with Gasteiger partial charge in [0.1, 0.15) is 4.83 Å². The molecule has 0 fully saturated rings. The Bertz CT molecular complexity index is 860. The lowest BCUT2D eigenvalue weighted by Gasteiger charge is -2.24. The first-order valence-corrected chi connectivity index (χ1v) is 9.90. The van der Waals surface area contributed by atoms with Crippen LogP contribution in [0.3, 0.4) is 0 Å². The first-order chi connectivity index (χ1) is 11.6. The zero-order valence-corrected chi connectivity index (χ0v) is 15.9. The standard InChI is InChI=1S/C20H23ClN2S/c1-14-5-7-15(8-6-14)4-3-10-23-18-9-11-22(2)12-16(18)19-17(21)13-24-20(19)23/h5-8,13H,3-4,9-12H2,1-2H3. The number of aryl methyl sites for hydroxylation is 3. The van der Waals surface area contributed by atoms with Crippen molar-refractivity contribution in [3.63, 3.8) is 0 Å². The van der Waals surface area contributed by atoms with Crippen LogP contribution < -0.4 is 0 Å². The Labute approximate surface area is 152 Å². The van der Waals surface area contributed by atoms with Crippen molar-refractivity contribution in [1.29, 1.82) is 0 Å². The highest BCUT2D eigenvalue weighted by Gasteiger charge is 2.24. The molecular weight excluding hydrogens is 336 g/mol. The minimum Gasteiger partial charge on any atom is -0.336 e. The van der Waals surface area contributed by atoms with Crippen LogP contribution in [0.2, 0.25) is 5.02 Å². The molecule has 1 aliphatic heterocycles. The van der Waals surface area contributed by atoms with Gasteiger partial charge in [0.25, 0.3) is 0 Å². The number of fused-ring (bicyclic) bond motifs is 3. The minimum absolute atomic E-state index is 0.929. The maximum atomic E-state index is 6.49. The van der Waals surface area contributed by atoms with Crippen LogP contribution >= 0.6 is 22.9 Å². The fourth-order valence-corrected chi connectivity index (χ4v) is 5.17. The van der Waals surface area contributed by atoms with Gasteiger partial charge in [-0.3, -0.25) is 0 Å². The van der Waals surface area contributed by atoms with E-state index in [1.807, 2.05) is 0 Å². The average Bonchev–Trinajstić information content (AvgIpc) is 3.08. The topological polar surface area (TPSA) is 8.17 Å². The zero-order valence-electron chi connectivity index (χ0n) is 14.3. The molecule has 2 aromatic heterocycles. The summed E-state index contributed by atoms with van der Waals surface area (Å²) in [4.78, 5) is 3.76. The third-order valence-electron chi connectivity index (χ3n) is 5.07. The van der Waals surface area contributed by atoms with E-state index >= 15 is 0 Å². The smallest absolute Gasteiger partial charge is 0.104 e. The van der Waals surface area contributed by atoms with E-state index < -0.39 is 0 Å². The van der Waals surface area contributed by atoms with Crippen LogP contribution in [0.1, 0.15) is 28.8 Å². The summed E-state index contributed by atoms with van der Waals surface area (Å²) < 4.78 is 2.54. The molecule has 4 heteroatoms. The van der Waals surface area contributed by atoms with Crippen molar-refractivity contribution in [2.24, 2.45) is 0 Å². The molecule has 3 aromatic rings. The molecule has 0 N–H and O–H groups in total. The van der Waals surface area contributed by atoms with Crippen LogP contribution in [0.15, 0.2) is 29.6 Å². The average molecular weight is 359 g/mol. The normalized spacial score (nSPS) is 15.1. The van der Waals surface area contributed by atoms with Crippen LogP contribution in [-0.4, -0.2) is 23.1 Å². The number of halogens is 1. The van der Waals surface area contributed by atoms with Gasteiger partial charge in [0, 0.05) is 42.5 Å². The van der Waals surface area contributed by atoms with Crippen molar-refractivity contribution in [3.8, 4) is 0 Å². The van der Waals surface area contributed by atoms with Crippen LogP contribution in [-0.2, 0) is 25.9 Å². The van der Waals surface area contributed by atoms with Gasteiger partial charge in [-0.15, -0.1) is 11.3 Å². The Morgan fingerprint density at radius 2 is 2.00 bits per heavy atom. The molecular formula is C20H23ClN2S. The number of nitrogens with zero attached hydrogens (tertiary/aromatic N) is 2. The lowest BCUT2D eigenvalue weighted by molar-refractivity contribution is 0.309. The molecule has 1 aromatic carbocycles. The first kappa shape index (κ1) is 16.2. The highest BCUT2D eigenvalue weighted by molar-refractivity contribution is 7.17. The van der Waals surface area contributed by atoms with Crippen molar-refractivity contribution in [1.82, 2.24) is 9.47 Å². The van der Waals surface area contributed by atoms with Crippen LogP contribution in [0.5, 0.6) is 0 Å². The largest absolute Gasteiger partial charge is 0.336 e. The van der Waals surface area contributed by atoms with Crippen LogP contribution in [0, 0.1) is 6.92 Å². The van der Waals surface area contributed by atoms with Crippen molar-refractivity contribution in [2.75, 3.05) is 13.6 Å². The number of hydrogen-bond donors (Lipinski definition) is 0. The van der Waals surface area contributed by atoms with Gasteiger partial charge in [0.15, 0.2) is 0 Å². The van der Waals surface area contributed by atoms with Crippen molar-refractivity contribution < 1.29 is 0 Å². The lowest BCUT2D eigenvalue weighted by atomic mass is 10.1. The first-order valence-electron chi connectivity index (χ1n) is 8.64. The molecule has 4 rings (SSSR count). The summed E-state index contributed by atoms with van der Waals surface area (Å²) in [6.45, 7) is 5.39. The predicted molar refractivity (Wildman–Crippen MR) is 104 cm³/mol. The van der Waals surface area contributed by atoms with Gasteiger partial charge in [-0.1, -0.05) is 41.4 Å². The number of benzene rings is 1. The molecule has 0 unspecified atom stereocenters. The number of rotatable bonds is 4. The van der Waals surface area contributed by atoms with Gasteiger partial charge in [-0.2, -0.15) is 0 Å². The minimum atomic E-state index is 0.929. The molecule has 0 amide bonds. The Hall–Kier alpha value is -1.29. The third kappa shape index (κ3) is 2.90. The van der Waals surface area contributed by atoms with Crippen molar-refractivity contribution >= 4 is 33.2 Å². The summed E-state index contributed by atoms with van der Waals surface area (Å²) in [6, 6.07) is 8.93. The van der Waals surface area contributed by atoms with Gasteiger partial charge in [0.05, 0.1) is 5.02 Å². The second-order valence-corrected chi connectivity index (χ2v) is 8.18. The van der Waals surface area contributed by atoms with E-state index in [9.17, 15) is 0 Å². The maximum Gasteiger partial charge on any atom is 0.104 e. The highest BCUT2D eigenvalue weighted by Crippen LogP contribution is 2.39. The van der Waals surface area contributed by atoms with E-state index in [-0.39, 0.29) is 0 Å². The second-order valence-electron chi connectivity index (χ2n) is 6.92. The predicted octanol–water partition coefficient (Wildman–Crippen LogP) is 5.29. The van der Waals surface area contributed by atoms with E-state index in [0.717, 1.165) is 37.5 Å². The summed E-state index contributed by atoms with van der Waals surface area (Å²) in [5.41, 5.74) is 5.74. The summed E-state index contributed by atoms with van der Waals surface area (Å²) >= 11 is 8.29. The molecule has 0 atom stereocenters. The lowest BCUT2D eigenvalue weighted by Crippen LogP contribution is -2.27. The zero-order chi connectivity index (χ0) is 16.7. The molecule has 24 heavy (non-hydrogen) atoms. The fourth-order valence-electron chi connectivity index (χ4n) is 3.76. The van der Waals surface area contributed by atoms with E-state index in [4.69, 9.17) is 11.6 Å². The molecule has 0 saturated heterocycles.